The molecule has 0 aliphatic carbocycles. The molecule has 0 fully saturated rings. The number of aromatic nitrogens is 1. The van der Waals surface area contributed by atoms with Crippen LogP contribution in [0.25, 0.3) is 0 Å². The molecule has 1 N–H and O–H groups in total. The second-order valence-electron chi connectivity index (χ2n) is 6.09. The number of halogens is 2. The first kappa shape index (κ1) is 18.9. The van der Waals surface area contributed by atoms with Crippen LogP contribution in [0.1, 0.15) is 28.4 Å². The molecule has 138 valence electrons. The molecule has 4 nitrogen and oxygen atoms in total. The Morgan fingerprint density at radius 3 is 2.52 bits per heavy atom. The van der Waals surface area contributed by atoms with Crippen molar-refractivity contribution in [3.8, 4) is 0 Å². The van der Waals surface area contributed by atoms with Crippen LogP contribution in [-0.4, -0.2) is 10.5 Å². The van der Waals surface area contributed by atoms with Gasteiger partial charge in [-0.05, 0) is 42.3 Å². The molecule has 0 saturated carbocycles. The summed E-state index contributed by atoms with van der Waals surface area (Å²) in [6.07, 6.45) is 2.32. The number of carbonyl (C=O) groups is 1. The van der Waals surface area contributed by atoms with Crippen LogP contribution in [0, 0.1) is 5.82 Å². The molecule has 27 heavy (non-hydrogen) atoms. The minimum absolute atomic E-state index is 0.0589. The Bertz CT molecular complexity index is 1010. The fourth-order valence-electron chi connectivity index (χ4n) is 2.67. The van der Waals surface area contributed by atoms with Crippen molar-refractivity contribution in [1.82, 2.24) is 4.57 Å². The molecule has 2 aromatic carbocycles. The number of hydrogen-bond donors (Lipinski definition) is 1. The van der Waals surface area contributed by atoms with Crippen molar-refractivity contribution in [2.45, 2.75) is 19.9 Å². The second kappa shape index (κ2) is 8.18. The van der Waals surface area contributed by atoms with Gasteiger partial charge in [0.05, 0.1) is 12.1 Å². The first-order chi connectivity index (χ1) is 13.0. The number of rotatable bonds is 5. The van der Waals surface area contributed by atoms with Crippen LogP contribution in [0.3, 0.4) is 0 Å². The summed E-state index contributed by atoms with van der Waals surface area (Å²) in [6, 6.07) is 14.6. The van der Waals surface area contributed by atoms with Gasteiger partial charge in [0.1, 0.15) is 5.82 Å². The topological polar surface area (TPSA) is 51.1 Å². The van der Waals surface area contributed by atoms with Gasteiger partial charge in [0.2, 0.25) is 0 Å². The Hall–Kier alpha value is -2.92. The van der Waals surface area contributed by atoms with Gasteiger partial charge in [-0.1, -0.05) is 36.7 Å². The number of nitrogens with zero attached hydrogens (tertiary/aromatic N) is 1. The van der Waals surface area contributed by atoms with E-state index in [9.17, 15) is 14.0 Å². The maximum Gasteiger partial charge on any atom is 0.257 e. The Labute approximate surface area is 161 Å². The number of anilines is 1. The summed E-state index contributed by atoms with van der Waals surface area (Å²) in [4.78, 5) is 24.6. The molecule has 0 bridgehead atoms. The van der Waals surface area contributed by atoms with Gasteiger partial charge in [-0.2, -0.15) is 0 Å². The Morgan fingerprint density at radius 2 is 1.85 bits per heavy atom. The fourth-order valence-corrected chi connectivity index (χ4v) is 2.89. The molecule has 0 saturated heterocycles. The lowest BCUT2D eigenvalue weighted by molar-refractivity contribution is 0.102. The lowest BCUT2D eigenvalue weighted by Gasteiger charge is -2.11. The van der Waals surface area contributed by atoms with Crippen molar-refractivity contribution in [3.63, 3.8) is 0 Å². The van der Waals surface area contributed by atoms with E-state index in [0.717, 1.165) is 6.42 Å². The lowest BCUT2D eigenvalue weighted by Crippen LogP contribution is -2.23. The minimum atomic E-state index is -0.500. The van der Waals surface area contributed by atoms with E-state index in [0.29, 0.717) is 11.3 Å². The molecule has 0 spiro atoms. The van der Waals surface area contributed by atoms with E-state index in [-0.39, 0.29) is 28.6 Å². The third-order valence-electron chi connectivity index (χ3n) is 4.26. The average molecular weight is 385 g/mol. The molecular weight excluding hydrogens is 367 g/mol. The Morgan fingerprint density at radius 1 is 1.11 bits per heavy atom. The summed E-state index contributed by atoms with van der Waals surface area (Å²) in [5, 5.41) is 3.02. The standard InChI is InChI=1S/C21H18ClFN2O2/c1-2-14-6-9-16(10-7-14)24-21(27)15-8-11-20(26)25(12-15)13-17-18(22)4-3-5-19(17)23/h3-12H,2,13H2,1H3,(H,24,27). The van der Waals surface area contributed by atoms with Crippen LogP contribution < -0.4 is 10.9 Å². The van der Waals surface area contributed by atoms with Crippen molar-refractivity contribution < 1.29 is 9.18 Å². The summed E-state index contributed by atoms with van der Waals surface area (Å²) in [5.74, 6) is -0.854. The van der Waals surface area contributed by atoms with E-state index in [1.165, 1.54) is 40.6 Å². The van der Waals surface area contributed by atoms with Gasteiger partial charge in [-0.15, -0.1) is 0 Å². The number of aryl methyl sites for hydroxylation is 1. The number of nitrogens with one attached hydrogen (secondary N) is 1. The van der Waals surface area contributed by atoms with Gasteiger partial charge in [0.25, 0.3) is 11.5 Å². The summed E-state index contributed by atoms with van der Waals surface area (Å²) in [7, 11) is 0. The number of pyridine rings is 1. The maximum absolute atomic E-state index is 14.0. The van der Waals surface area contributed by atoms with E-state index < -0.39 is 5.82 Å². The molecule has 1 heterocycles. The molecule has 6 heteroatoms. The highest BCUT2D eigenvalue weighted by Crippen LogP contribution is 2.20. The summed E-state index contributed by atoms with van der Waals surface area (Å²) in [6.45, 7) is 2.00. The van der Waals surface area contributed by atoms with Crippen LogP contribution in [0.5, 0.6) is 0 Å². The predicted octanol–water partition coefficient (Wildman–Crippen LogP) is 4.50. The number of amides is 1. The monoisotopic (exact) mass is 384 g/mol. The molecule has 0 atom stereocenters. The van der Waals surface area contributed by atoms with Crippen molar-refractivity contribution in [1.29, 1.82) is 0 Å². The van der Waals surface area contributed by atoms with Crippen LogP contribution >= 0.6 is 11.6 Å². The zero-order valence-corrected chi connectivity index (χ0v) is 15.5. The second-order valence-corrected chi connectivity index (χ2v) is 6.50. The van der Waals surface area contributed by atoms with Crippen LogP contribution in [0.15, 0.2) is 65.6 Å². The molecule has 0 aliphatic rings. The van der Waals surface area contributed by atoms with Gasteiger partial charge in [-0.25, -0.2) is 4.39 Å². The highest BCUT2D eigenvalue weighted by Gasteiger charge is 2.12. The molecule has 0 unspecified atom stereocenters. The molecule has 1 amide bonds. The minimum Gasteiger partial charge on any atom is -0.322 e. The van der Waals surface area contributed by atoms with Crippen molar-refractivity contribution in [2.24, 2.45) is 0 Å². The van der Waals surface area contributed by atoms with Crippen LogP contribution in [-0.2, 0) is 13.0 Å². The summed E-state index contributed by atoms with van der Waals surface area (Å²) in [5.41, 5.74) is 1.98. The zero-order valence-electron chi connectivity index (χ0n) is 14.7. The number of benzene rings is 2. The summed E-state index contributed by atoms with van der Waals surface area (Å²) < 4.78 is 15.3. The van der Waals surface area contributed by atoms with E-state index in [1.54, 1.807) is 6.07 Å². The highest BCUT2D eigenvalue weighted by molar-refractivity contribution is 6.31. The Kier molecular flexibility index (Phi) is 5.72. The lowest BCUT2D eigenvalue weighted by atomic mass is 10.1. The van der Waals surface area contributed by atoms with Crippen molar-refractivity contribution >= 4 is 23.2 Å². The number of carbonyl (C=O) groups excluding carboxylic acids is 1. The molecule has 0 aliphatic heterocycles. The zero-order chi connectivity index (χ0) is 19.4. The van der Waals surface area contributed by atoms with Gasteiger partial charge in [0, 0.05) is 28.5 Å². The smallest absolute Gasteiger partial charge is 0.257 e. The third-order valence-corrected chi connectivity index (χ3v) is 4.61. The van der Waals surface area contributed by atoms with Gasteiger partial charge >= 0.3 is 0 Å². The highest BCUT2D eigenvalue weighted by atomic mass is 35.5. The van der Waals surface area contributed by atoms with Gasteiger partial charge < -0.3 is 9.88 Å². The van der Waals surface area contributed by atoms with Gasteiger partial charge in [-0.3, -0.25) is 9.59 Å². The maximum atomic E-state index is 14.0. The normalized spacial score (nSPS) is 10.6. The summed E-state index contributed by atoms with van der Waals surface area (Å²) >= 11 is 6.03. The first-order valence-corrected chi connectivity index (χ1v) is 8.89. The fraction of sp³-hybridized carbons (Fsp3) is 0.143. The van der Waals surface area contributed by atoms with Crippen LogP contribution in [0.2, 0.25) is 5.02 Å². The number of hydrogen-bond acceptors (Lipinski definition) is 2. The predicted molar refractivity (Wildman–Crippen MR) is 105 cm³/mol. The van der Waals surface area contributed by atoms with Crippen molar-refractivity contribution in [3.05, 3.63) is 98.7 Å². The molecule has 3 rings (SSSR count). The Balaban J connectivity index is 1.83. The van der Waals surface area contributed by atoms with E-state index in [1.807, 2.05) is 24.3 Å². The van der Waals surface area contributed by atoms with Crippen molar-refractivity contribution in [2.75, 3.05) is 5.32 Å². The molecule has 3 aromatic rings. The molecule has 0 radical (unpaired) electrons. The third kappa shape index (κ3) is 4.44. The molecular formula is C21H18ClFN2O2. The van der Waals surface area contributed by atoms with E-state index >= 15 is 0 Å². The van der Waals surface area contributed by atoms with E-state index in [2.05, 4.69) is 12.2 Å². The SMILES string of the molecule is CCc1ccc(NC(=O)c2ccc(=O)n(Cc3c(F)cccc3Cl)c2)cc1. The van der Waals surface area contributed by atoms with Gasteiger partial charge in [0.15, 0.2) is 0 Å². The van der Waals surface area contributed by atoms with E-state index in [4.69, 9.17) is 11.6 Å². The largest absolute Gasteiger partial charge is 0.322 e. The average Bonchev–Trinajstić information content (AvgIpc) is 2.66. The first-order valence-electron chi connectivity index (χ1n) is 8.51. The quantitative estimate of drug-likeness (QED) is 0.704. The van der Waals surface area contributed by atoms with Crippen LogP contribution in [0.4, 0.5) is 10.1 Å². The molecule has 1 aromatic heterocycles.